The highest BCUT2D eigenvalue weighted by atomic mass is 19.4. The quantitative estimate of drug-likeness (QED) is 0.781. The molecule has 19 heavy (non-hydrogen) atoms. The highest BCUT2D eigenvalue weighted by Crippen LogP contribution is 2.31. The first-order valence-electron chi connectivity index (χ1n) is 6.28. The van der Waals surface area contributed by atoms with E-state index in [4.69, 9.17) is 4.74 Å². The minimum Gasteiger partial charge on any atom is -0.490 e. The van der Waals surface area contributed by atoms with Crippen molar-refractivity contribution in [3.63, 3.8) is 0 Å². The molecule has 5 heteroatoms. The van der Waals surface area contributed by atoms with E-state index >= 15 is 0 Å². The Morgan fingerprint density at radius 2 is 1.63 bits per heavy atom. The van der Waals surface area contributed by atoms with Crippen LogP contribution in [-0.2, 0) is 11.0 Å². The predicted molar refractivity (Wildman–Crippen MR) is 63.9 cm³/mol. The fraction of sp³-hybridized carbons (Fsp3) is 0.500. The molecule has 104 valence electrons. The Labute approximate surface area is 109 Å². The van der Waals surface area contributed by atoms with Gasteiger partial charge in [0, 0.05) is 5.92 Å². The van der Waals surface area contributed by atoms with Gasteiger partial charge in [-0.1, -0.05) is 0 Å². The molecule has 1 aromatic rings. The maximum absolute atomic E-state index is 12.4. The average Bonchev–Trinajstić information content (AvgIpc) is 2.39. The number of carbonyl (C=O) groups is 1. The van der Waals surface area contributed by atoms with E-state index in [-0.39, 0.29) is 12.0 Å². The lowest BCUT2D eigenvalue weighted by Gasteiger charge is -2.26. The maximum Gasteiger partial charge on any atom is 0.416 e. The van der Waals surface area contributed by atoms with Crippen molar-refractivity contribution in [1.82, 2.24) is 0 Å². The Morgan fingerprint density at radius 1 is 1.05 bits per heavy atom. The molecule has 0 heterocycles. The number of alkyl halides is 3. The fourth-order valence-corrected chi connectivity index (χ4v) is 2.26. The van der Waals surface area contributed by atoms with Crippen LogP contribution in [0.3, 0.4) is 0 Å². The lowest BCUT2D eigenvalue weighted by Crippen LogP contribution is -2.24. The van der Waals surface area contributed by atoms with Gasteiger partial charge < -0.3 is 9.53 Å². The van der Waals surface area contributed by atoms with Crippen LogP contribution in [0.15, 0.2) is 24.3 Å². The number of hydrogen-bond acceptors (Lipinski definition) is 2. The second kappa shape index (κ2) is 5.63. The molecule has 0 aliphatic heterocycles. The van der Waals surface area contributed by atoms with E-state index in [1.54, 1.807) is 0 Å². The first-order chi connectivity index (χ1) is 8.99. The minimum atomic E-state index is -4.32. The van der Waals surface area contributed by atoms with Crippen molar-refractivity contribution in [2.45, 2.75) is 38.0 Å². The summed E-state index contributed by atoms with van der Waals surface area (Å²) in [5.41, 5.74) is -0.676. The van der Waals surface area contributed by atoms with Gasteiger partial charge in [-0.3, -0.25) is 0 Å². The van der Waals surface area contributed by atoms with Gasteiger partial charge in [0.1, 0.15) is 12.0 Å². The highest BCUT2D eigenvalue weighted by Gasteiger charge is 2.30. The van der Waals surface area contributed by atoms with E-state index in [0.29, 0.717) is 5.75 Å². The molecule has 0 atom stereocenters. The van der Waals surface area contributed by atoms with Crippen molar-refractivity contribution in [1.29, 1.82) is 0 Å². The summed E-state index contributed by atoms with van der Waals surface area (Å²) in [4.78, 5) is 10.6. The van der Waals surface area contributed by atoms with Gasteiger partial charge in [0.25, 0.3) is 0 Å². The molecular weight excluding hydrogens is 257 g/mol. The van der Waals surface area contributed by atoms with Crippen molar-refractivity contribution < 1.29 is 22.7 Å². The van der Waals surface area contributed by atoms with Gasteiger partial charge in [-0.05, 0) is 49.9 Å². The molecule has 1 saturated carbocycles. The SMILES string of the molecule is O=C[C@H]1CC[C@H](Oc2ccc(C(F)(F)F)cc2)CC1. The molecule has 1 aliphatic rings. The number of halogens is 3. The second-order valence-corrected chi connectivity index (χ2v) is 4.81. The Kier molecular flexibility index (Phi) is 4.12. The number of aldehydes is 1. The van der Waals surface area contributed by atoms with Gasteiger partial charge in [-0.2, -0.15) is 13.2 Å². The van der Waals surface area contributed by atoms with Gasteiger partial charge in [0.2, 0.25) is 0 Å². The van der Waals surface area contributed by atoms with Crippen molar-refractivity contribution in [3.05, 3.63) is 29.8 Å². The topological polar surface area (TPSA) is 26.3 Å². The monoisotopic (exact) mass is 272 g/mol. The van der Waals surface area contributed by atoms with Crippen LogP contribution in [0.4, 0.5) is 13.2 Å². The molecule has 1 fully saturated rings. The van der Waals surface area contributed by atoms with E-state index in [1.165, 1.54) is 12.1 Å². The number of carbonyl (C=O) groups excluding carboxylic acids is 1. The lowest BCUT2D eigenvalue weighted by atomic mass is 9.88. The van der Waals surface area contributed by atoms with Gasteiger partial charge in [0.15, 0.2) is 0 Å². The van der Waals surface area contributed by atoms with E-state index in [2.05, 4.69) is 0 Å². The summed E-state index contributed by atoms with van der Waals surface area (Å²) < 4.78 is 42.8. The van der Waals surface area contributed by atoms with Crippen molar-refractivity contribution in [2.75, 3.05) is 0 Å². The summed E-state index contributed by atoms with van der Waals surface area (Å²) in [6, 6.07) is 4.72. The Bertz CT molecular complexity index is 417. The summed E-state index contributed by atoms with van der Waals surface area (Å²) in [6.45, 7) is 0. The van der Waals surface area contributed by atoms with Crippen molar-refractivity contribution in [2.24, 2.45) is 5.92 Å². The summed E-state index contributed by atoms with van der Waals surface area (Å²) >= 11 is 0. The number of rotatable bonds is 3. The third-order valence-corrected chi connectivity index (χ3v) is 3.40. The zero-order chi connectivity index (χ0) is 13.9. The molecule has 0 aromatic heterocycles. The molecule has 2 nitrogen and oxygen atoms in total. The van der Waals surface area contributed by atoms with E-state index in [9.17, 15) is 18.0 Å². The summed E-state index contributed by atoms with van der Waals surface area (Å²) in [7, 11) is 0. The van der Waals surface area contributed by atoms with E-state index in [1.807, 2.05) is 0 Å². The first-order valence-corrected chi connectivity index (χ1v) is 6.28. The Hall–Kier alpha value is -1.52. The first kappa shape index (κ1) is 13.9. The molecule has 0 spiro atoms. The summed E-state index contributed by atoms with van der Waals surface area (Å²) in [6.07, 6.45) is -0.249. The van der Waals surface area contributed by atoms with Crippen LogP contribution in [0.2, 0.25) is 0 Å². The molecule has 0 amide bonds. The number of benzene rings is 1. The third-order valence-electron chi connectivity index (χ3n) is 3.40. The summed E-state index contributed by atoms with van der Waals surface area (Å²) in [5, 5.41) is 0. The van der Waals surface area contributed by atoms with Crippen LogP contribution in [0.25, 0.3) is 0 Å². The predicted octanol–water partition coefficient (Wildman–Crippen LogP) is 3.84. The lowest BCUT2D eigenvalue weighted by molar-refractivity contribution is -0.137. The molecule has 1 aliphatic carbocycles. The zero-order valence-electron chi connectivity index (χ0n) is 10.3. The average molecular weight is 272 g/mol. The summed E-state index contributed by atoms with van der Waals surface area (Å²) in [5.74, 6) is 0.551. The molecule has 0 N–H and O–H groups in total. The Balaban J connectivity index is 1.92. The normalized spacial score (nSPS) is 23.9. The molecule has 0 radical (unpaired) electrons. The zero-order valence-corrected chi connectivity index (χ0v) is 10.3. The van der Waals surface area contributed by atoms with Crippen molar-refractivity contribution >= 4 is 6.29 Å². The van der Waals surface area contributed by atoms with E-state index < -0.39 is 11.7 Å². The standard InChI is InChI=1S/C14H15F3O2/c15-14(16,17)11-3-7-13(8-4-11)19-12-5-1-10(9-18)2-6-12/h3-4,7-10,12H,1-2,5-6H2/t10-,12-. The van der Waals surface area contributed by atoms with Crippen LogP contribution < -0.4 is 4.74 Å². The maximum atomic E-state index is 12.4. The highest BCUT2D eigenvalue weighted by molar-refractivity contribution is 5.53. The molecule has 0 unspecified atom stereocenters. The van der Waals surface area contributed by atoms with Gasteiger partial charge in [-0.15, -0.1) is 0 Å². The fourth-order valence-electron chi connectivity index (χ4n) is 2.26. The molecule has 0 bridgehead atoms. The van der Waals surface area contributed by atoms with Gasteiger partial charge in [-0.25, -0.2) is 0 Å². The van der Waals surface area contributed by atoms with Gasteiger partial charge in [0.05, 0.1) is 11.7 Å². The van der Waals surface area contributed by atoms with Crippen LogP contribution in [0.5, 0.6) is 5.75 Å². The molecule has 2 rings (SSSR count). The second-order valence-electron chi connectivity index (χ2n) is 4.81. The van der Waals surface area contributed by atoms with Crippen LogP contribution >= 0.6 is 0 Å². The van der Waals surface area contributed by atoms with Crippen molar-refractivity contribution in [3.8, 4) is 5.75 Å². The Morgan fingerprint density at radius 3 is 2.11 bits per heavy atom. The number of hydrogen-bond donors (Lipinski definition) is 0. The molecule has 0 saturated heterocycles. The van der Waals surface area contributed by atoms with Crippen LogP contribution in [-0.4, -0.2) is 12.4 Å². The molecule has 1 aromatic carbocycles. The minimum absolute atomic E-state index is 0.00654. The largest absolute Gasteiger partial charge is 0.490 e. The van der Waals surface area contributed by atoms with E-state index in [0.717, 1.165) is 44.1 Å². The van der Waals surface area contributed by atoms with Crippen LogP contribution in [0, 0.1) is 5.92 Å². The molecular formula is C14H15F3O2. The van der Waals surface area contributed by atoms with Gasteiger partial charge >= 0.3 is 6.18 Å². The third kappa shape index (κ3) is 3.72. The smallest absolute Gasteiger partial charge is 0.416 e. The number of ether oxygens (including phenoxy) is 1. The van der Waals surface area contributed by atoms with Crippen LogP contribution in [0.1, 0.15) is 31.2 Å².